The monoisotopic (exact) mass is 288 g/mol. The number of rotatable bonds is 7. The summed E-state index contributed by atoms with van der Waals surface area (Å²) in [7, 11) is 0. The van der Waals surface area contributed by atoms with Crippen LogP contribution in [-0.2, 0) is 9.53 Å². The molecule has 5 heteroatoms. The number of benzene rings is 1. The second-order valence-corrected chi connectivity index (χ2v) is 5.41. The highest BCUT2D eigenvalue weighted by atomic mass is 35.5. The van der Waals surface area contributed by atoms with E-state index in [2.05, 4.69) is 6.92 Å². The first-order chi connectivity index (χ1) is 8.63. The second kappa shape index (κ2) is 8.27. The zero-order valence-corrected chi connectivity index (χ0v) is 12.1. The summed E-state index contributed by atoms with van der Waals surface area (Å²) in [5.41, 5.74) is 0. The molecule has 100 valence electrons. The molecule has 0 spiro atoms. The van der Waals surface area contributed by atoms with Gasteiger partial charge in [0, 0.05) is 10.8 Å². The van der Waals surface area contributed by atoms with Gasteiger partial charge in [-0.05, 0) is 36.9 Å². The van der Waals surface area contributed by atoms with E-state index in [0.29, 0.717) is 17.4 Å². The number of carbonyl (C=O) groups is 1. The molecule has 0 N–H and O–H groups in total. The molecular formula is C13H17ClO3S. The number of ether oxygens (including phenoxy) is 2. The van der Waals surface area contributed by atoms with Crippen LogP contribution in [0.4, 0.5) is 0 Å². The smallest absolute Gasteiger partial charge is 0.347 e. The van der Waals surface area contributed by atoms with Gasteiger partial charge in [0.15, 0.2) is 6.10 Å². The fourth-order valence-electron chi connectivity index (χ4n) is 1.23. The molecule has 1 unspecified atom stereocenters. The van der Waals surface area contributed by atoms with Crippen molar-refractivity contribution >= 4 is 29.3 Å². The minimum atomic E-state index is -0.613. The van der Waals surface area contributed by atoms with Gasteiger partial charge in [0.2, 0.25) is 0 Å². The van der Waals surface area contributed by atoms with Gasteiger partial charge < -0.3 is 9.47 Å². The third kappa shape index (κ3) is 5.65. The zero-order valence-electron chi connectivity index (χ0n) is 10.5. The van der Waals surface area contributed by atoms with Crippen LogP contribution < -0.4 is 4.74 Å². The summed E-state index contributed by atoms with van der Waals surface area (Å²) >= 11 is 7.49. The van der Waals surface area contributed by atoms with E-state index in [-0.39, 0.29) is 5.97 Å². The molecule has 0 bridgehead atoms. The number of esters is 1. The van der Waals surface area contributed by atoms with E-state index in [0.717, 1.165) is 11.5 Å². The Hall–Kier alpha value is -0.870. The topological polar surface area (TPSA) is 35.5 Å². The molecule has 1 aromatic rings. The average molecular weight is 289 g/mol. The van der Waals surface area contributed by atoms with Crippen molar-refractivity contribution < 1.29 is 14.3 Å². The molecule has 0 heterocycles. The minimum Gasteiger partial charge on any atom is -0.479 e. The molecule has 0 amide bonds. The van der Waals surface area contributed by atoms with Crippen LogP contribution >= 0.6 is 23.4 Å². The van der Waals surface area contributed by atoms with Gasteiger partial charge in [0.1, 0.15) is 12.4 Å². The predicted molar refractivity (Wildman–Crippen MR) is 75.5 cm³/mol. The molecule has 3 nitrogen and oxygen atoms in total. The van der Waals surface area contributed by atoms with Gasteiger partial charge in [-0.25, -0.2) is 4.79 Å². The average Bonchev–Trinajstić information content (AvgIpc) is 2.37. The van der Waals surface area contributed by atoms with Gasteiger partial charge in [-0.3, -0.25) is 0 Å². The Balaban J connectivity index is 2.33. The van der Waals surface area contributed by atoms with Gasteiger partial charge >= 0.3 is 5.97 Å². The summed E-state index contributed by atoms with van der Waals surface area (Å²) in [6.45, 7) is 4.16. The second-order valence-electron chi connectivity index (χ2n) is 3.58. The maximum atomic E-state index is 11.6. The lowest BCUT2D eigenvalue weighted by molar-refractivity contribution is -0.150. The van der Waals surface area contributed by atoms with Crippen LogP contribution in [0, 0.1) is 0 Å². The number of hydrogen-bond acceptors (Lipinski definition) is 4. The van der Waals surface area contributed by atoms with E-state index in [9.17, 15) is 4.79 Å². The Morgan fingerprint density at radius 2 is 2.06 bits per heavy atom. The van der Waals surface area contributed by atoms with E-state index < -0.39 is 6.10 Å². The number of hydrogen-bond donors (Lipinski definition) is 0. The Morgan fingerprint density at radius 3 is 2.67 bits per heavy atom. The molecule has 1 atom stereocenters. The molecule has 0 saturated heterocycles. The Labute approximate surface area is 117 Å². The number of thioether (sulfide) groups is 1. The van der Waals surface area contributed by atoms with Gasteiger partial charge in [-0.1, -0.05) is 18.5 Å². The normalized spacial score (nSPS) is 11.9. The summed E-state index contributed by atoms with van der Waals surface area (Å²) in [4.78, 5) is 11.6. The van der Waals surface area contributed by atoms with Crippen molar-refractivity contribution in [3.63, 3.8) is 0 Å². The van der Waals surface area contributed by atoms with E-state index in [1.54, 1.807) is 43.0 Å². The SMILES string of the molecule is CCSCCOC(=O)C(C)Oc1ccc(Cl)cc1. The molecule has 0 aliphatic carbocycles. The summed E-state index contributed by atoms with van der Waals surface area (Å²) in [6.07, 6.45) is -0.613. The highest BCUT2D eigenvalue weighted by Gasteiger charge is 2.15. The van der Waals surface area contributed by atoms with Gasteiger partial charge in [0.25, 0.3) is 0 Å². The third-order valence-electron chi connectivity index (χ3n) is 2.13. The van der Waals surface area contributed by atoms with Crippen molar-refractivity contribution in [2.45, 2.75) is 20.0 Å². The lowest BCUT2D eigenvalue weighted by Crippen LogP contribution is -2.26. The Kier molecular flexibility index (Phi) is 6.98. The molecule has 0 aliphatic rings. The molecule has 0 radical (unpaired) electrons. The van der Waals surface area contributed by atoms with Crippen molar-refractivity contribution in [3.8, 4) is 5.75 Å². The third-order valence-corrected chi connectivity index (χ3v) is 3.25. The van der Waals surface area contributed by atoms with Crippen LogP contribution in [0.1, 0.15) is 13.8 Å². The van der Waals surface area contributed by atoms with Crippen LogP contribution in [0.25, 0.3) is 0 Å². The molecular weight excluding hydrogens is 272 g/mol. The van der Waals surface area contributed by atoms with E-state index in [4.69, 9.17) is 21.1 Å². The van der Waals surface area contributed by atoms with Crippen molar-refractivity contribution in [3.05, 3.63) is 29.3 Å². The van der Waals surface area contributed by atoms with Crippen molar-refractivity contribution in [1.29, 1.82) is 0 Å². The van der Waals surface area contributed by atoms with Crippen molar-refractivity contribution in [2.24, 2.45) is 0 Å². The van der Waals surface area contributed by atoms with Crippen LogP contribution in [-0.4, -0.2) is 30.2 Å². The zero-order chi connectivity index (χ0) is 13.4. The Bertz CT molecular complexity index is 367. The molecule has 1 aromatic carbocycles. The fourth-order valence-corrected chi connectivity index (χ4v) is 1.84. The summed E-state index contributed by atoms with van der Waals surface area (Å²) in [5.74, 6) is 2.10. The lowest BCUT2D eigenvalue weighted by Gasteiger charge is -2.13. The lowest BCUT2D eigenvalue weighted by atomic mass is 10.3. The minimum absolute atomic E-state index is 0.346. The van der Waals surface area contributed by atoms with Gasteiger partial charge in [-0.15, -0.1) is 0 Å². The maximum absolute atomic E-state index is 11.6. The van der Waals surface area contributed by atoms with Crippen LogP contribution in [0.3, 0.4) is 0 Å². The quantitative estimate of drug-likeness (QED) is 0.569. The first-order valence-electron chi connectivity index (χ1n) is 5.80. The predicted octanol–water partition coefficient (Wildman–Crippen LogP) is 3.40. The van der Waals surface area contributed by atoms with Crippen LogP contribution in [0.5, 0.6) is 5.75 Å². The van der Waals surface area contributed by atoms with E-state index in [1.807, 2.05) is 0 Å². The largest absolute Gasteiger partial charge is 0.479 e. The summed E-state index contributed by atoms with van der Waals surface area (Å²) < 4.78 is 10.5. The highest BCUT2D eigenvalue weighted by molar-refractivity contribution is 7.99. The van der Waals surface area contributed by atoms with E-state index in [1.165, 1.54) is 0 Å². The summed E-state index contributed by atoms with van der Waals surface area (Å²) in [6, 6.07) is 6.87. The summed E-state index contributed by atoms with van der Waals surface area (Å²) in [5, 5.41) is 0.633. The molecule has 0 aromatic heterocycles. The van der Waals surface area contributed by atoms with Gasteiger partial charge in [-0.2, -0.15) is 11.8 Å². The van der Waals surface area contributed by atoms with Crippen LogP contribution in [0.2, 0.25) is 5.02 Å². The molecule has 1 rings (SSSR count). The number of halogens is 1. The van der Waals surface area contributed by atoms with Crippen LogP contribution in [0.15, 0.2) is 24.3 Å². The first-order valence-corrected chi connectivity index (χ1v) is 7.33. The fraction of sp³-hybridized carbons (Fsp3) is 0.462. The Morgan fingerprint density at radius 1 is 1.39 bits per heavy atom. The molecule has 0 fully saturated rings. The molecule has 18 heavy (non-hydrogen) atoms. The highest BCUT2D eigenvalue weighted by Crippen LogP contribution is 2.17. The standard InChI is InChI=1S/C13H17ClO3S/c1-3-18-9-8-16-13(15)10(2)17-12-6-4-11(14)5-7-12/h4-7,10H,3,8-9H2,1-2H3. The van der Waals surface area contributed by atoms with Gasteiger partial charge in [0.05, 0.1) is 0 Å². The molecule has 0 saturated carbocycles. The van der Waals surface area contributed by atoms with Crippen molar-refractivity contribution in [1.82, 2.24) is 0 Å². The number of carbonyl (C=O) groups excluding carboxylic acids is 1. The maximum Gasteiger partial charge on any atom is 0.347 e. The molecule has 0 aliphatic heterocycles. The van der Waals surface area contributed by atoms with Crippen molar-refractivity contribution in [2.75, 3.05) is 18.1 Å². The van der Waals surface area contributed by atoms with E-state index >= 15 is 0 Å². The first kappa shape index (κ1) is 15.2.